The van der Waals surface area contributed by atoms with Gasteiger partial charge in [-0.15, -0.1) is 6.42 Å². The maximum absolute atomic E-state index is 10.2. The summed E-state index contributed by atoms with van der Waals surface area (Å²) >= 11 is 0. The van der Waals surface area contributed by atoms with Crippen LogP contribution in [-0.4, -0.2) is 70.3 Å². The molecule has 1 rings (SSSR count). The molecule has 1 N–H and O–H groups in total. The van der Waals surface area contributed by atoms with E-state index in [2.05, 4.69) is 10.8 Å². The molecule has 0 fully saturated rings. The Bertz CT molecular complexity index is 529. The van der Waals surface area contributed by atoms with Gasteiger partial charge in [0.1, 0.15) is 6.61 Å². The minimum atomic E-state index is -0.618. The summed E-state index contributed by atoms with van der Waals surface area (Å²) in [6.07, 6.45) is 5.40. The molecule has 0 saturated heterocycles. The Balaban J connectivity index is 2.77. The first-order valence-corrected chi connectivity index (χ1v) is 8.26. The molecule has 0 aliphatic carbocycles. The van der Waals surface area contributed by atoms with E-state index in [1.54, 1.807) is 21.3 Å². The quantitative estimate of drug-likeness (QED) is 0.430. The van der Waals surface area contributed by atoms with E-state index in [0.717, 1.165) is 18.5 Å². The predicted octanol–water partition coefficient (Wildman–Crippen LogP) is 1.55. The van der Waals surface area contributed by atoms with Gasteiger partial charge in [-0.2, -0.15) is 0 Å². The van der Waals surface area contributed by atoms with Crippen LogP contribution in [0.5, 0.6) is 11.5 Å². The minimum Gasteiger partial charge on any atom is -0.493 e. The van der Waals surface area contributed by atoms with Gasteiger partial charge in [0, 0.05) is 38.9 Å². The number of hydrogen-bond donors (Lipinski definition) is 1. The number of terminal acetylenes is 1. The fourth-order valence-corrected chi connectivity index (χ4v) is 2.59. The van der Waals surface area contributed by atoms with Gasteiger partial charge in [0.25, 0.3) is 0 Å². The van der Waals surface area contributed by atoms with Gasteiger partial charge in [-0.25, -0.2) is 0 Å². The highest BCUT2D eigenvalue weighted by Crippen LogP contribution is 2.31. The van der Waals surface area contributed by atoms with Crippen LogP contribution in [0.3, 0.4) is 0 Å². The van der Waals surface area contributed by atoms with Crippen LogP contribution in [0.25, 0.3) is 0 Å². The first kappa shape index (κ1) is 21.3. The van der Waals surface area contributed by atoms with Crippen LogP contribution >= 0.6 is 0 Å². The Morgan fingerprint density at radius 2 is 2.04 bits per heavy atom. The lowest BCUT2D eigenvalue weighted by Crippen LogP contribution is -2.35. The van der Waals surface area contributed by atoms with Gasteiger partial charge in [-0.05, 0) is 12.5 Å². The molecule has 0 radical (unpaired) electrons. The highest BCUT2D eigenvalue weighted by atomic mass is 16.5. The van der Waals surface area contributed by atoms with Gasteiger partial charge < -0.3 is 24.1 Å². The summed E-state index contributed by atoms with van der Waals surface area (Å²) in [6, 6.07) is 5.78. The molecule has 0 unspecified atom stereocenters. The summed E-state index contributed by atoms with van der Waals surface area (Å²) in [5.74, 6) is 3.79. The van der Waals surface area contributed by atoms with Gasteiger partial charge in [0.05, 0.1) is 26.9 Å². The number of benzene rings is 1. The number of para-hydroxylation sites is 1. The van der Waals surface area contributed by atoms with Crippen molar-refractivity contribution in [2.24, 2.45) is 0 Å². The van der Waals surface area contributed by atoms with Crippen LogP contribution in [0.1, 0.15) is 12.0 Å². The van der Waals surface area contributed by atoms with Crippen molar-refractivity contribution in [1.82, 2.24) is 4.90 Å². The van der Waals surface area contributed by atoms with Crippen molar-refractivity contribution in [2.75, 3.05) is 54.2 Å². The fraction of sp³-hybridized carbons (Fsp3) is 0.579. The Morgan fingerprint density at radius 1 is 1.24 bits per heavy atom. The molecule has 140 valence electrons. The average molecular weight is 351 g/mol. The zero-order valence-corrected chi connectivity index (χ0v) is 15.4. The zero-order chi connectivity index (χ0) is 18.5. The molecule has 1 atom stereocenters. The summed E-state index contributed by atoms with van der Waals surface area (Å²) in [4.78, 5) is 2.14. The standard InChI is InChI=1S/C19H29NO5/c1-5-11-25-15-17(21)14-20(10-7-12-22-2)13-16-8-6-9-18(23-3)19(16)24-4/h1,6,8-9,17,21H,7,10-15H2,2-4H3/t17-/m0/s1. The number of rotatable bonds is 13. The van der Waals surface area contributed by atoms with Crippen LogP contribution in [-0.2, 0) is 16.0 Å². The van der Waals surface area contributed by atoms with Crippen LogP contribution in [0.4, 0.5) is 0 Å². The van der Waals surface area contributed by atoms with E-state index < -0.39 is 6.10 Å². The van der Waals surface area contributed by atoms with E-state index in [4.69, 9.17) is 25.4 Å². The van der Waals surface area contributed by atoms with Crippen molar-refractivity contribution >= 4 is 0 Å². The molecule has 0 heterocycles. The van der Waals surface area contributed by atoms with E-state index >= 15 is 0 Å². The van der Waals surface area contributed by atoms with Gasteiger partial charge >= 0.3 is 0 Å². The van der Waals surface area contributed by atoms with E-state index in [1.165, 1.54) is 0 Å². The summed E-state index contributed by atoms with van der Waals surface area (Å²) in [5, 5.41) is 10.2. The second kappa shape index (κ2) is 12.6. The molecule has 0 bridgehead atoms. The molecular formula is C19H29NO5. The van der Waals surface area contributed by atoms with Gasteiger partial charge in [-0.1, -0.05) is 18.1 Å². The minimum absolute atomic E-state index is 0.199. The SMILES string of the molecule is C#CCOC[C@@H](O)CN(CCCOC)Cc1cccc(OC)c1OC. The normalized spacial score (nSPS) is 12.0. The molecule has 1 aromatic rings. The smallest absolute Gasteiger partial charge is 0.165 e. The number of aliphatic hydroxyl groups is 1. The molecule has 1 aromatic carbocycles. The van der Waals surface area contributed by atoms with E-state index in [0.29, 0.717) is 31.2 Å². The second-order valence-corrected chi connectivity index (χ2v) is 5.61. The third kappa shape index (κ3) is 7.76. The number of hydrogen-bond acceptors (Lipinski definition) is 6. The number of aliphatic hydroxyl groups excluding tert-OH is 1. The molecule has 6 heteroatoms. The topological polar surface area (TPSA) is 60.4 Å². The second-order valence-electron chi connectivity index (χ2n) is 5.61. The molecule has 25 heavy (non-hydrogen) atoms. The predicted molar refractivity (Wildman–Crippen MR) is 97.0 cm³/mol. The zero-order valence-electron chi connectivity index (χ0n) is 15.4. The highest BCUT2D eigenvalue weighted by molar-refractivity contribution is 5.46. The van der Waals surface area contributed by atoms with Crippen LogP contribution in [0, 0.1) is 12.3 Å². The molecule has 0 aliphatic heterocycles. The van der Waals surface area contributed by atoms with Crippen LogP contribution in [0.15, 0.2) is 18.2 Å². The maximum Gasteiger partial charge on any atom is 0.165 e. The lowest BCUT2D eigenvalue weighted by molar-refractivity contribution is 0.0242. The number of methoxy groups -OCH3 is 3. The third-order valence-corrected chi connectivity index (χ3v) is 3.67. The van der Waals surface area contributed by atoms with Gasteiger partial charge in [0.2, 0.25) is 0 Å². The van der Waals surface area contributed by atoms with Crippen molar-refractivity contribution in [3.63, 3.8) is 0 Å². The molecule has 0 aromatic heterocycles. The van der Waals surface area contributed by atoms with Crippen molar-refractivity contribution in [3.8, 4) is 23.8 Å². The molecule has 0 amide bonds. The largest absolute Gasteiger partial charge is 0.493 e. The molecule has 6 nitrogen and oxygen atoms in total. The van der Waals surface area contributed by atoms with Crippen molar-refractivity contribution in [1.29, 1.82) is 0 Å². The fourth-order valence-electron chi connectivity index (χ4n) is 2.59. The lowest BCUT2D eigenvalue weighted by Gasteiger charge is -2.26. The van der Waals surface area contributed by atoms with Crippen LogP contribution in [0.2, 0.25) is 0 Å². The van der Waals surface area contributed by atoms with Crippen molar-refractivity contribution < 1.29 is 24.1 Å². The Hall–Kier alpha value is -1.78. The molecular weight excluding hydrogens is 322 g/mol. The molecule has 0 aliphatic rings. The monoisotopic (exact) mass is 351 g/mol. The van der Waals surface area contributed by atoms with E-state index in [9.17, 15) is 5.11 Å². The molecule has 0 saturated carbocycles. The number of ether oxygens (including phenoxy) is 4. The Labute approximate surface area is 150 Å². The van der Waals surface area contributed by atoms with Crippen LogP contribution < -0.4 is 9.47 Å². The summed E-state index contributed by atoms with van der Waals surface area (Å²) in [6.45, 7) is 2.94. The maximum atomic E-state index is 10.2. The van der Waals surface area contributed by atoms with Crippen molar-refractivity contribution in [2.45, 2.75) is 19.1 Å². The summed E-state index contributed by atoms with van der Waals surface area (Å²) in [5.41, 5.74) is 0.996. The third-order valence-electron chi connectivity index (χ3n) is 3.67. The first-order valence-electron chi connectivity index (χ1n) is 8.26. The van der Waals surface area contributed by atoms with E-state index in [-0.39, 0.29) is 13.2 Å². The van der Waals surface area contributed by atoms with E-state index in [1.807, 2.05) is 18.2 Å². The van der Waals surface area contributed by atoms with Gasteiger partial charge in [-0.3, -0.25) is 4.90 Å². The average Bonchev–Trinajstić information content (AvgIpc) is 2.61. The van der Waals surface area contributed by atoms with Crippen molar-refractivity contribution in [3.05, 3.63) is 23.8 Å². The summed E-state index contributed by atoms with van der Waals surface area (Å²) in [7, 11) is 4.92. The van der Waals surface area contributed by atoms with Gasteiger partial charge in [0.15, 0.2) is 11.5 Å². The number of nitrogens with zero attached hydrogens (tertiary/aromatic N) is 1. The Kier molecular flexibility index (Phi) is 10.7. The highest BCUT2D eigenvalue weighted by Gasteiger charge is 2.16. The lowest BCUT2D eigenvalue weighted by atomic mass is 10.1. The molecule has 0 spiro atoms. The first-order chi connectivity index (χ1) is 12.2. The Morgan fingerprint density at radius 3 is 2.68 bits per heavy atom. The summed E-state index contributed by atoms with van der Waals surface area (Å²) < 4.78 is 21.2.